The Morgan fingerprint density at radius 2 is 1.93 bits per heavy atom. The van der Waals surface area contributed by atoms with Crippen LogP contribution in [-0.4, -0.2) is 41.0 Å². The highest BCUT2D eigenvalue weighted by atomic mass is 16.3. The number of hydrogen-bond acceptors (Lipinski definition) is 4. The van der Waals surface area contributed by atoms with Crippen LogP contribution in [0.25, 0.3) is 0 Å². The summed E-state index contributed by atoms with van der Waals surface area (Å²) in [5, 5.41) is 6.13. The lowest BCUT2D eigenvalue weighted by molar-refractivity contribution is -0.141. The van der Waals surface area contributed by atoms with E-state index in [9.17, 15) is 9.59 Å². The predicted molar refractivity (Wildman–Crippen MR) is 117 cm³/mol. The zero-order valence-electron chi connectivity index (χ0n) is 18.7. The van der Waals surface area contributed by atoms with Gasteiger partial charge in [-0.3, -0.25) is 9.59 Å². The van der Waals surface area contributed by atoms with E-state index in [0.717, 1.165) is 11.3 Å². The molecule has 0 saturated carbocycles. The smallest absolute Gasteiger partial charge is 0.262 e. The Morgan fingerprint density at radius 3 is 2.53 bits per heavy atom. The van der Waals surface area contributed by atoms with Crippen LogP contribution in [0.4, 0.5) is 0 Å². The SMILES string of the molecule is Cc1ccc(C2=NN(C(=O)CN(C)C(=O)CC(C)(C)C)C(c3ccco3)C2)cc1C. The molecule has 0 fully saturated rings. The van der Waals surface area contributed by atoms with Crippen molar-refractivity contribution in [3.05, 3.63) is 59.0 Å². The van der Waals surface area contributed by atoms with Crippen molar-refractivity contribution in [2.75, 3.05) is 13.6 Å². The van der Waals surface area contributed by atoms with E-state index < -0.39 is 0 Å². The Hall–Kier alpha value is -2.89. The van der Waals surface area contributed by atoms with Crippen LogP contribution in [0.2, 0.25) is 0 Å². The predicted octanol–water partition coefficient (Wildman–Crippen LogP) is 4.47. The van der Waals surface area contributed by atoms with E-state index in [0.29, 0.717) is 18.6 Å². The monoisotopic (exact) mass is 409 g/mol. The Morgan fingerprint density at radius 1 is 1.20 bits per heavy atom. The minimum absolute atomic E-state index is 0.0180. The van der Waals surface area contributed by atoms with Gasteiger partial charge in [-0.05, 0) is 54.2 Å². The molecule has 2 heterocycles. The van der Waals surface area contributed by atoms with Gasteiger partial charge in [0.25, 0.3) is 5.91 Å². The minimum atomic E-state index is -0.310. The van der Waals surface area contributed by atoms with E-state index in [2.05, 4.69) is 31.1 Å². The average Bonchev–Trinajstić information content (AvgIpc) is 3.31. The van der Waals surface area contributed by atoms with Crippen molar-refractivity contribution in [3.8, 4) is 0 Å². The quantitative estimate of drug-likeness (QED) is 0.732. The van der Waals surface area contributed by atoms with Crippen molar-refractivity contribution >= 4 is 17.5 Å². The first kappa shape index (κ1) is 21.8. The fourth-order valence-electron chi connectivity index (χ4n) is 3.49. The molecular formula is C24H31N3O3. The van der Waals surface area contributed by atoms with Crippen molar-refractivity contribution < 1.29 is 14.0 Å². The number of likely N-dealkylation sites (N-methyl/N-ethyl adjacent to an activating group) is 1. The largest absolute Gasteiger partial charge is 0.467 e. The molecule has 0 radical (unpaired) electrons. The van der Waals surface area contributed by atoms with Gasteiger partial charge < -0.3 is 9.32 Å². The molecule has 1 unspecified atom stereocenters. The van der Waals surface area contributed by atoms with E-state index in [1.807, 2.05) is 39.0 Å². The Balaban J connectivity index is 1.82. The van der Waals surface area contributed by atoms with Gasteiger partial charge in [0, 0.05) is 19.9 Å². The van der Waals surface area contributed by atoms with Crippen molar-refractivity contribution in [1.82, 2.24) is 9.91 Å². The molecule has 1 atom stereocenters. The van der Waals surface area contributed by atoms with Gasteiger partial charge in [-0.2, -0.15) is 5.10 Å². The lowest BCUT2D eigenvalue weighted by atomic mass is 9.92. The standard InChI is InChI=1S/C24H31N3O3/c1-16-9-10-18(12-17(16)2)19-13-20(21-8-7-11-30-21)27(25-19)23(29)15-26(6)22(28)14-24(3,4)5/h7-12,20H,13-15H2,1-6H3. The van der Waals surface area contributed by atoms with Crippen LogP contribution in [0.1, 0.15) is 62.1 Å². The molecule has 3 rings (SSSR count). The molecule has 0 aliphatic carbocycles. The molecule has 6 heteroatoms. The molecule has 0 N–H and O–H groups in total. The van der Waals surface area contributed by atoms with Crippen molar-refractivity contribution in [2.24, 2.45) is 10.5 Å². The van der Waals surface area contributed by atoms with Crippen LogP contribution in [0.5, 0.6) is 0 Å². The number of aryl methyl sites for hydroxylation is 2. The van der Waals surface area contributed by atoms with Crippen LogP contribution < -0.4 is 0 Å². The molecule has 6 nitrogen and oxygen atoms in total. The third kappa shape index (κ3) is 4.99. The molecular weight excluding hydrogens is 378 g/mol. The summed E-state index contributed by atoms with van der Waals surface area (Å²) in [5.74, 6) is 0.414. The number of carbonyl (C=O) groups is 2. The van der Waals surface area contributed by atoms with Crippen LogP contribution in [0.15, 0.2) is 46.1 Å². The first-order chi connectivity index (χ1) is 14.0. The lowest BCUT2D eigenvalue weighted by Gasteiger charge is -2.25. The molecule has 1 aliphatic rings. The van der Waals surface area contributed by atoms with Crippen LogP contribution in [0, 0.1) is 19.3 Å². The highest BCUT2D eigenvalue weighted by molar-refractivity contribution is 6.03. The molecule has 1 aromatic heterocycles. The average molecular weight is 410 g/mol. The van der Waals surface area contributed by atoms with Gasteiger partial charge in [-0.15, -0.1) is 0 Å². The van der Waals surface area contributed by atoms with Crippen molar-refractivity contribution in [2.45, 2.75) is 53.5 Å². The molecule has 0 saturated heterocycles. The first-order valence-corrected chi connectivity index (χ1v) is 10.3. The second-order valence-electron chi connectivity index (χ2n) is 9.31. The van der Waals surface area contributed by atoms with E-state index in [1.54, 1.807) is 13.3 Å². The highest BCUT2D eigenvalue weighted by Gasteiger charge is 2.35. The van der Waals surface area contributed by atoms with E-state index in [-0.39, 0.29) is 29.8 Å². The summed E-state index contributed by atoms with van der Waals surface area (Å²) in [6.45, 7) is 10.1. The molecule has 0 spiro atoms. The number of carbonyl (C=O) groups excluding carboxylic acids is 2. The zero-order valence-corrected chi connectivity index (χ0v) is 18.7. The molecule has 160 valence electrons. The summed E-state index contributed by atoms with van der Waals surface area (Å²) in [5.41, 5.74) is 4.11. The number of rotatable bonds is 5. The third-order valence-corrected chi connectivity index (χ3v) is 5.36. The van der Waals surface area contributed by atoms with Crippen LogP contribution >= 0.6 is 0 Å². The highest BCUT2D eigenvalue weighted by Crippen LogP contribution is 2.33. The van der Waals surface area contributed by atoms with Crippen LogP contribution in [-0.2, 0) is 9.59 Å². The Labute approximate surface area is 178 Å². The maximum Gasteiger partial charge on any atom is 0.262 e. The summed E-state index contributed by atoms with van der Waals surface area (Å²) < 4.78 is 5.60. The van der Waals surface area contributed by atoms with Gasteiger partial charge in [-0.1, -0.05) is 32.9 Å². The summed E-state index contributed by atoms with van der Waals surface area (Å²) >= 11 is 0. The van der Waals surface area contributed by atoms with E-state index in [4.69, 9.17) is 4.42 Å². The van der Waals surface area contributed by atoms with Crippen molar-refractivity contribution in [3.63, 3.8) is 0 Å². The first-order valence-electron chi connectivity index (χ1n) is 10.3. The molecule has 30 heavy (non-hydrogen) atoms. The molecule has 2 amide bonds. The number of nitrogens with zero attached hydrogens (tertiary/aromatic N) is 3. The normalized spacial score (nSPS) is 16.5. The van der Waals surface area contributed by atoms with Gasteiger partial charge in [0.2, 0.25) is 5.91 Å². The summed E-state index contributed by atoms with van der Waals surface area (Å²) in [6.07, 6.45) is 2.56. The van der Waals surface area contributed by atoms with Crippen molar-refractivity contribution in [1.29, 1.82) is 0 Å². The number of amides is 2. The topological polar surface area (TPSA) is 66.1 Å². The van der Waals surface area contributed by atoms with Gasteiger partial charge in [0.05, 0.1) is 12.0 Å². The van der Waals surface area contributed by atoms with E-state index in [1.165, 1.54) is 21.0 Å². The second kappa shape index (κ2) is 8.46. The summed E-state index contributed by atoms with van der Waals surface area (Å²) in [4.78, 5) is 27.1. The number of furan rings is 1. The minimum Gasteiger partial charge on any atom is -0.467 e. The maximum absolute atomic E-state index is 13.1. The van der Waals surface area contributed by atoms with Gasteiger partial charge in [0.15, 0.2) is 0 Å². The van der Waals surface area contributed by atoms with Gasteiger partial charge >= 0.3 is 0 Å². The fraction of sp³-hybridized carbons (Fsp3) is 0.458. The fourth-order valence-corrected chi connectivity index (χ4v) is 3.49. The van der Waals surface area contributed by atoms with Gasteiger partial charge in [0.1, 0.15) is 18.3 Å². The summed E-state index contributed by atoms with van der Waals surface area (Å²) in [6, 6.07) is 9.56. The van der Waals surface area contributed by atoms with Crippen LogP contribution in [0.3, 0.4) is 0 Å². The summed E-state index contributed by atoms with van der Waals surface area (Å²) in [7, 11) is 1.66. The molecule has 2 aromatic rings. The zero-order chi connectivity index (χ0) is 22.1. The molecule has 1 aliphatic heterocycles. The van der Waals surface area contributed by atoms with E-state index >= 15 is 0 Å². The lowest BCUT2D eigenvalue weighted by Crippen LogP contribution is -2.40. The third-order valence-electron chi connectivity index (χ3n) is 5.36. The number of hydrogen-bond donors (Lipinski definition) is 0. The maximum atomic E-state index is 13.1. The molecule has 0 bridgehead atoms. The van der Waals surface area contributed by atoms with Gasteiger partial charge in [-0.25, -0.2) is 5.01 Å². The molecule has 1 aromatic carbocycles. The number of hydrazone groups is 1. The Bertz CT molecular complexity index is 955. The number of benzene rings is 1. The Kier molecular flexibility index (Phi) is 6.15. The second-order valence-corrected chi connectivity index (χ2v) is 9.31.